The van der Waals surface area contributed by atoms with Gasteiger partial charge >= 0.3 is 0 Å². The summed E-state index contributed by atoms with van der Waals surface area (Å²) in [5, 5.41) is 8.62. The number of rotatable bonds is 6. The van der Waals surface area contributed by atoms with E-state index < -0.39 is 0 Å². The molecule has 2 aromatic carbocycles. The number of hydrogen-bond donors (Lipinski definition) is 3. The summed E-state index contributed by atoms with van der Waals surface area (Å²) >= 11 is 0. The molecular formula is C24H30N4O3. The zero-order chi connectivity index (χ0) is 22.4. The van der Waals surface area contributed by atoms with Crippen LogP contribution >= 0.6 is 0 Å². The van der Waals surface area contributed by atoms with Gasteiger partial charge in [-0.15, -0.1) is 0 Å². The van der Waals surface area contributed by atoms with Crippen molar-refractivity contribution in [2.45, 2.75) is 33.6 Å². The summed E-state index contributed by atoms with van der Waals surface area (Å²) in [5.41, 5.74) is 4.45. The first kappa shape index (κ1) is 22.5. The van der Waals surface area contributed by atoms with Gasteiger partial charge < -0.3 is 16.0 Å². The van der Waals surface area contributed by atoms with Gasteiger partial charge in [0.2, 0.25) is 17.7 Å². The minimum absolute atomic E-state index is 0.00772. The quantitative estimate of drug-likeness (QED) is 0.664. The highest BCUT2D eigenvalue weighted by Crippen LogP contribution is 2.21. The molecular weight excluding hydrogens is 392 g/mol. The van der Waals surface area contributed by atoms with E-state index in [1.807, 2.05) is 32.0 Å². The van der Waals surface area contributed by atoms with Crippen molar-refractivity contribution in [2.24, 2.45) is 5.92 Å². The minimum atomic E-state index is -0.133. The second-order valence-electron chi connectivity index (χ2n) is 8.16. The van der Waals surface area contributed by atoms with Crippen LogP contribution in [0.25, 0.3) is 0 Å². The molecule has 1 aliphatic rings. The maximum absolute atomic E-state index is 12.6. The largest absolute Gasteiger partial charge is 0.326 e. The molecule has 1 saturated heterocycles. The van der Waals surface area contributed by atoms with Crippen LogP contribution in [-0.4, -0.2) is 42.3 Å². The number of amides is 3. The third-order valence-electron chi connectivity index (χ3n) is 5.45. The predicted octanol–water partition coefficient (Wildman–Crippen LogP) is 3.55. The van der Waals surface area contributed by atoms with E-state index >= 15 is 0 Å². The molecule has 0 aromatic heterocycles. The molecule has 31 heavy (non-hydrogen) atoms. The smallest absolute Gasteiger partial charge is 0.238 e. The number of likely N-dealkylation sites (tertiary alicyclic amines) is 1. The number of nitrogens with zero attached hydrogens (tertiary/aromatic N) is 1. The second-order valence-corrected chi connectivity index (χ2v) is 8.16. The number of aryl methyl sites for hydroxylation is 2. The Morgan fingerprint density at radius 2 is 1.52 bits per heavy atom. The maximum atomic E-state index is 12.6. The van der Waals surface area contributed by atoms with Crippen LogP contribution in [0.5, 0.6) is 0 Å². The average molecular weight is 423 g/mol. The number of carbonyl (C=O) groups is 3. The molecule has 0 unspecified atom stereocenters. The number of nitrogens with one attached hydrogen (secondary N) is 3. The molecule has 0 atom stereocenters. The lowest BCUT2D eigenvalue weighted by atomic mass is 9.95. The summed E-state index contributed by atoms with van der Waals surface area (Å²) in [6, 6.07) is 13.0. The van der Waals surface area contributed by atoms with Crippen molar-refractivity contribution < 1.29 is 14.4 Å². The molecule has 0 aliphatic carbocycles. The van der Waals surface area contributed by atoms with Crippen LogP contribution in [0.4, 0.5) is 17.1 Å². The minimum Gasteiger partial charge on any atom is -0.326 e. The van der Waals surface area contributed by atoms with E-state index in [9.17, 15) is 14.4 Å². The molecule has 7 nitrogen and oxygen atoms in total. The first-order chi connectivity index (χ1) is 14.8. The summed E-state index contributed by atoms with van der Waals surface area (Å²) in [4.78, 5) is 38.2. The summed E-state index contributed by atoms with van der Waals surface area (Å²) in [6.45, 7) is 7.21. The van der Waals surface area contributed by atoms with Crippen molar-refractivity contribution in [2.75, 3.05) is 35.6 Å². The fourth-order valence-electron chi connectivity index (χ4n) is 3.78. The molecule has 0 bridgehead atoms. The van der Waals surface area contributed by atoms with E-state index in [1.54, 1.807) is 24.3 Å². The highest BCUT2D eigenvalue weighted by molar-refractivity contribution is 5.94. The van der Waals surface area contributed by atoms with Crippen LogP contribution in [0.3, 0.4) is 0 Å². The highest BCUT2D eigenvalue weighted by atomic mass is 16.2. The molecule has 1 aliphatic heterocycles. The fraction of sp³-hybridized carbons (Fsp3) is 0.375. The SMILES string of the molecule is CC(=O)Nc1ccc(NC(=O)C2CCN(CC(=O)Nc3ccc(C)cc3C)CC2)cc1. The number of piperidine rings is 1. The topological polar surface area (TPSA) is 90.5 Å². The number of benzene rings is 2. The first-order valence-corrected chi connectivity index (χ1v) is 10.6. The number of carbonyl (C=O) groups excluding carboxylic acids is 3. The summed E-state index contributed by atoms with van der Waals surface area (Å²) in [5.74, 6) is -0.249. The van der Waals surface area contributed by atoms with Gasteiger partial charge in [0, 0.05) is 29.9 Å². The van der Waals surface area contributed by atoms with Crippen LogP contribution in [0.15, 0.2) is 42.5 Å². The third-order valence-corrected chi connectivity index (χ3v) is 5.45. The molecule has 3 N–H and O–H groups in total. The van der Waals surface area contributed by atoms with Crippen LogP contribution in [0.1, 0.15) is 30.9 Å². The van der Waals surface area contributed by atoms with Gasteiger partial charge in [-0.05, 0) is 75.7 Å². The van der Waals surface area contributed by atoms with Gasteiger partial charge in [-0.1, -0.05) is 17.7 Å². The first-order valence-electron chi connectivity index (χ1n) is 10.6. The van der Waals surface area contributed by atoms with Crippen molar-refractivity contribution in [1.82, 2.24) is 4.90 Å². The van der Waals surface area contributed by atoms with Gasteiger partial charge in [0.15, 0.2) is 0 Å². The van der Waals surface area contributed by atoms with Crippen LogP contribution in [-0.2, 0) is 14.4 Å². The van der Waals surface area contributed by atoms with Gasteiger partial charge in [-0.2, -0.15) is 0 Å². The molecule has 0 radical (unpaired) electrons. The van der Waals surface area contributed by atoms with Gasteiger partial charge in [0.1, 0.15) is 0 Å². The lowest BCUT2D eigenvalue weighted by molar-refractivity contribution is -0.121. The summed E-state index contributed by atoms with van der Waals surface area (Å²) in [6.07, 6.45) is 1.43. The monoisotopic (exact) mass is 422 g/mol. The molecule has 164 valence electrons. The van der Waals surface area contributed by atoms with E-state index in [4.69, 9.17) is 0 Å². The van der Waals surface area contributed by atoms with Gasteiger partial charge in [-0.3, -0.25) is 19.3 Å². The molecule has 3 amide bonds. The Labute approximate surface area is 183 Å². The van der Waals surface area contributed by atoms with Crippen LogP contribution < -0.4 is 16.0 Å². The molecule has 3 rings (SSSR count). The number of hydrogen-bond acceptors (Lipinski definition) is 4. The number of anilines is 3. The maximum Gasteiger partial charge on any atom is 0.238 e. The van der Waals surface area contributed by atoms with Crippen molar-refractivity contribution >= 4 is 34.8 Å². The molecule has 2 aromatic rings. The van der Waals surface area contributed by atoms with Gasteiger partial charge in [-0.25, -0.2) is 0 Å². The predicted molar refractivity (Wildman–Crippen MR) is 123 cm³/mol. The lowest BCUT2D eigenvalue weighted by Crippen LogP contribution is -2.41. The van der Waals surface area contributed by atoms with Gasteiger partial charge in [0.25, 0.3) is 0 Å². The second kappa shape index (κ2) is 10.2. The van der Waals surface area contributed by atoms with Crippen molar-refractivity contribution in [3.05, 3.63) is 53.6 Å². The Kier molecular flexibility index (Phi) is 7.41. The molecule has 1 fully saturated rings. The standard InChI is InChI=1S/C24H30N4O3/c1-16-4-9-22(17(2)14-16)27-23(30)15-28-12-10-19(11-13-28)24(31)26-21-7-5-20(6-8-21)25-18(3)29/h4-9,14,19H,10-13,15H2,1-3H3,(H,25,29)(H,26,31)(H,27,30). The summed E-state index contributed by atoms with van der Waals surface area (Å²) < 4.78 is 0. The van der Waals surface area contributed by atoms with E-state index in [1.165, 1.54) is 12.5 Å². The fourth-order valence-corrected chi connectivity index (χ4v) is 3.78. The molecule has 0 spiro atoms. The van der Waals surface area contributed by atoms with E-state index in [2.05, 4.69) is 20.9 Å². The van der Waals surface area contributed by atoms with E-state index in [-0.39, 0.29) is 23.6 Å². The Balaban J connectivity index is 1.43. The van der Waals surface area contributed by atoms with Crippen molar-refractivity contribution in [3.8, 4) is 0 Å². The zero-order valence-electron chi connectivity index (χ0n) is 18.3. The Hall–Kier alpha value is -3.19. The average Bonchev–Trinajstić information content (AvgIpc) is 2.72. The Morgan fingerprint density at radius 3 is 2.10 bits per heavy atom. The van der Waals surface area contributed by atoms with E-state index in [0.29, 0.717) is 43.9 Å². The van der Waals surface area contributed by atoms with Crippen molar-refractivity contribution in [3.63, 3.8) is 0 Å². The van der Waals surface area contributed by atoms with Gasteiger partial charge in [0.05, 0.1) is 6.54 Å². The van der Waals surface area contributed by atoms with Crippen LogP contribution in [0.2, 0.25) is 0 Å². The summed E-state index contributed by atoms with van der Waals surface area (Å²) in [7, 11) is 0. The molecule has 1 heterocycles. The Morgan fingerprint density at radius 1 is 0.903 bits per heavy atom. The Bertz CT molecular complexity index is 948. The normalized spacial score (nSPS) is 14.7. The lowest BCUT2D eigenvalue weighted by Gasteiger charge is -2.30. The molecule has 0 saturated carbocycles. The third kappa shape index (κ3) is 6.65. The molecule has 7 heteroatoms. The van der Waals surface area contributed by atoms with E-state index in [0.717, 1.165) is 11.3 Å². The van der Waals surface area contributed by atoms with Crippen LogP contribution in [0, 0.1) is 19.8 Å². The van der Waals surface area contributed by atoms with Crippen molar-refractivity contribution in [1.29, 1.82) is 0 Å². The highest BCUT2D eigenvalue weighted by Gasteiger charge is 2.26. The zero-order valence-corrected chi connectivity index (χ0v) is 18.3.